The Morgan fingerprint density at radius 3 is 1.46 bits per heavy atom. The lowest BCUT2D eigenvalue weighted by atomic mass is 9.60. The summed E-state index contributed by atoms with van der Waals surface area (Å²) < 4.78 is 12.8. The molecule has 4 nitrogen and oxygen atoms in total. The van der Waals surface area contributed by atoms with Crippen molar-refractivity contribution in [1.82, 2.24) is 0 Å². The van der Waals surface area contributed by atoms with Gasteiger partial charge in [-0.05, 0) is 66.6 Å². The van der Waals surface area contributed by atoms with Crippen molar-refractivity contribution in [2.24, 2.45) is 0 Å². The van der Waals surface area contributed by atoms with Crippen molar-refractivity contribution >= 4 is 14.3 Å². The summed E-state index contributed by atoms with van der Waals surface area (Å²) in [6.07, 6.45) is 0. The predicted octanol–water partition coefficient (Wildman–Crippen LogP) is 9.54. The van der Waals surface area contributed by atoms with E-state index in [9.17, 15) is 9.90 Å². The van der Waals surface area contributed by atoms with E-state index >= 15 is 0 Å². The molecule has 1 aliphatic carbocycles. The maximum absolute atomic E-state index is 13.9. The molecule has 5 aromatic carbocycles. The van der Waals surface area contributed by atoms with Crippen molar-refractivity contribution in [2.75, 3.05) is 6.61 Å². The van der Waals surface area contributed by atoms with Gasteiger partial charge in [-0.1, -0.05) is 140 Å². The molecule has 5 aromatic rings. The number of aliphatic hydroxyl groups is 1. The summed E-state index contributed by atoms with van der Waals surface area (Å²) in [4.78, 5) is 13.9. The van der Waals surface area contributed by atoms with E-state index < -0.39 is 31.0 Å². The van der Waals surface area contributed by atoms with Gasteiger partial charge in [0.05, 0.1) is 11.0 Å². The molecule has 1 aliphatic rings. The Bertz CT molecular complexity index is 1640. The van der Waals surface area contributed by atoms with E-state index in [0.717, 1.165) is 27.8 Å². The molecule has 0 bridgehead atoms. The van der Waals surface area contributed by atoms with Gasteiger partial charge in [0, 0.05) is 14.5 Å². The molecular formula is C41H41O4P. The summed E-state index contributed by atoms with van der Waals surface area (Å²) in [5, 5.41) is 13.2. The van der Waals surface area contributed by atoms with E-state index in [0.29, 0.717) is 0 Å². The largest absolute Gasteiger partial charge is 0.462 e. The molecule has 46 heavy (non-hydrogen) atoms. The van der Waals surface area contributed by atoms with Crippen LogP contribution in [-0.4, -0.2) is 34.5 Å². The first-order valence-electron chi connectivity index (χ1n) is 15.8. The third-order valence-electron chi connectivity index (χ3n) is 8.95. The van der Waals surface area contributed by atoms with Gasteiger partial charge in [-0.3, -0.25) is 0 Å². The van der Waals surface area contributed by atoms with Crippen LogP contribution < -0.4 is 0 Å². The van der Waals surface area contributed by atoms with Crippen LogP contribution in [0.15, 0.2) is 140 Å². The number of carbonyl (C=O) groups is 1. The second-order valence-corrected chi connectivity index (χ2v) is 14.3. The van der Waals surface area contributed by atoms with Crippen LogP contribution in [0.2, 0.25) is 0 Å². The minimum atomic E-state index is -1.60. The van der Waals surface area contributed by atoms with Crippen molar-refractivity contribution in [2.45, 2.75) is 56.1 Å². The van der Waals surface area contributed by atoms with Crippen molar-refractivity contribution in [1.29, 1.82) is 0 Å². The van der Waals surface area contributed by atoms with Crippen LogP contribution in [0.1, 0.15) is 61.4 Å². The van der Waals surface area contributed by atoms with Crippen molar-refractivity contribution in [3.05, 3.63) is 167 Å². The fourth-order valence-electron chi connectivity index (χ4n) is 7.02. The molecule has 0 saturated heterocycles. The molecule has 0 heterocycles. The third-order valence-corrected chi connectivity index (χ3v) is 10.3. The summed E-state index contributed by atoms with van der Waals surface area (Å²) in [6.45, 7) is 7.88. The quantitative estimate of drug-likeness (QED) is 0.124. The minimum absolute atomic E-state index is 0.0549. The number of rotatable bonds is 10. The minimum Gasteiger partial charge on any atom is -0.462 e. The Morgan fingerprint density at radius 2 is 1.04 bits per heavy atom. The maximum atomic E-state index is 13.9. The molecule has 3 unspecified atom stereocenters. The van der Waals surface area contributed by atoms with Crippen LogP contribution in [0.4, 0.5) is 4.79 Å². The van der Waals surface area contributed by atoms with Crippen LogP contribution >= 0.6 is 8.58 Å². The van der Waals surface area contributed by atoms with Crippen LogP contribution in [0.25, 0.3) is 11.1 Å². The van der Waals surface area contributed by atoms with E-state index in [1.807, 2.05) is 136 Å². The highest BCUT2D eigenvalue weighted by molar-refractivity contribution is 7.57. The molecule has 0 saturated carbocycles. The van der Waals surface area contributed by atoms with Crippen LogP contribution in [0.3, 0.4) is 0 Å². The van der Waals surface area contributed by atoms with Crippen molar-refractivity contribution < 1.29 is 19.4 Å². The van der Waals surface area contributed by atoms with Gasteiger partial charge >= 0.3 is 5.71 Å². The van der Waals surface area contributed by atoms with Crippen LogP contribution in [0, 0.1) is 0 Å². The molecule has 0 fully saturated rings. The zero-order valence-corrected chi connectivity index (χ0v) is 27.8. The van der Waals surface area contributed by atoms with Gasteiger partial charge in [0.25, 0.3) is 0 Å². The Hall–Kier alpha value is -4.08. The van der Waals surface area contributed by atoms with Gasteiger partial charge in [-0.15, -0.1) is 0 Å². The summed E-state index contributed by atoms with van der Waals surface area (Å²) in [7, 11) is -0.475. The highest BCUT2D eigenvalue weighted by Crippen LogP contribution is 2.53. The molecule has 3 atom stereocenters. The third kappa shape index (κ3) is 5.94. The Balaban J connectivity index is 1.39. The highest BCUT2D eigenvalue weighted by atomic mass is 31.1. The molecular weight excluding hydrogens is 587 g/mol. The molecule has 0 radical (unpaired) electrons. The molecule has 6 rings (SSSR count). The topological polar surface area (TPSA) is 55.8 Å². The number of carbonyl (C=O) groups excluding carboxylic acids is 1. The summed E-state index contributed by atoms with van der Waals surface area (Å²) >= 11 is 0. The molecule has 0 aliphatic heterocycles. The molecule has 5 heteroatoms. The SMILES string of the molecule is CC(C)(C)OC(PC(=O)OCC1c2ccccc2-c2ccccc21)C(C)(O)C(c1ccccc1)(c1ccccc1)c1ccccc1. The fourth-order valence-corrected chi connectivity index (χ4v) is 8.31. The van der Waals surface area contributed by atoms with Crippen molar-refractivity contribution in [3.63, 3.8) is 0 Å². The lowest BCUT2D eigenvalue weighted by Crippen LogP contribution is -2.59. The first-order chi connectivity index (χ1) is 22.1. The zero-order valence-electron chi connectivity index (χ0n) is 26.8. The van der Waals surface area contributed by atoms with Crippen LogP contribution in [-0.2, 0) is 14.9 Å². The normalized spacial score (nSPS) is 15.2. The standard InChI is InChI=1S/C41H41O4P/c1-39(2,3)45-37(46-38(42)44-28-36-34-26-16-14-24-32(34)33-25-15-17-27-35(33)36)40(4,43)41(29-18-8-5-9-19-29,30-20-10-6-11-21-30)31-22-12-7-13-23-31/h5-27,36-37,43,46H,28H2,1-4H3. The number of ether oxygens (including phenoxy) is 2. The summed E-state index contributed by atoms with van der Waals surface area (Å²) in [6, 6.07) is 46.7. The number of hydrogen-bond acceptors (Lipinski definition) is 4. The fraction of sp³-hybridized carbons (Fsp3) is 0.244. The average molecular weight is 629 g/mol. The Morgan fingerprint density at radius 1 is 0.652 bits per heavy atom. The number of hydrogen-bond donors (Lipinski definition) is 1. The Labute approximate surface area is 274 Å². The van der Waals surface area contributed by atoms with Gasteiger partial charge in [0.1, 0.15) is 18.1 Å². The van der Waals surface area contributed by atoms with Crippen molar-refractivity contribution in [3.8, 4) is 11.1 Å². The highest BCUT2D eigenvalue weighted by Gasteiger charge is 2.57. The van der Waals surface area contributed by atoms with Gasteiger partial charge in [-0.2, -0.15) is 0 Å². The van der Waals surface area contributed by atoms with E-state index in [-0.39, 0.29) is 18.2 Å². The molecule has 234 valence electrons. The molecule has 0 amide bonds. The van der Waals surface area contributed by atoms with Gasteiger partial charge in [0.15, 0.2) is 0 Å². The summed E-state index contributed by atoms with van der Waals surface area (Å²) in [5.74, 6) is -0.954. The van der Waals surface area contributed by atoms with E-state index in [1.54, 1.807) is 6.92 Å². The Kier molecular flexibility index (Phi) is 8.99. The smallest absolute Gasteiger partial charge is 0.325 e. The second-order valence-electron chi connectivity index (χ2n) is 13.1. The second kappa shape index (κ2) is 13.0. The predicted molar refractivity (Wildman–Crippen MR) is 188 cm³/mol. The van der Waals surface area contributed by atoms with E-state index in [2.05, 4.69) is 24.3 Å². The molecule has 0 aromatic heterocycles. The van der Waals surface area contributed by atoms with Gasteiger partial charge in [0.2, 0.25) is 0 Å². The lowest BCUT2D eigenvalue weighted by molar-refractivity contribution is -0.131. The van der Waals surface area contributed by atoms with Gasteiger partial charge < -0.3 is 14.6 Å². The van der Waals surface area contributed by atoms with E-state index in [4.69, 9.17) is 9.47 Å². The number of fused-ring (bicyclic) bond motifs is 3. The number of benzene rings is 5. The van der Waals surface area contributed by atoms with Crippen LogP contribution in [0.5, 0.6) is 0 Å². The first-order valence-corrected chi connectivity index (χ1v) is 16.9. The monoisotopic (exact) mass is 628 g/mol. The molecule has 1 N–H and O–H groups in total. The van der Waals surface area contributed by atoms with Gasteiger partial charge in [-0.25, -0.2) is 4.79 Å². The zero-order chi connectivity index (χ0) is 32.4. The molecule has 0 spiro atoms. The summed E-state index contributed by atoms with van der Waals surface area (Å²) in [5.41, 5.74) is 3.65. The maximum Gasteiger partial charge on any atom is 0.325 e. The lowest BCUT2D eigenvalue weighted by Gasteiger charge is -2.51. The van der Waals surface area contributed by atoms with E-state index in [1.165, 1.54) is 11.1 Å². The average Bonchev–Trinajstić information content (AvgIpc) is 3.38. The first kappa shape index (κ1) is 31.9.